The Bertz CT molecular complexity index is 536. The number of rotatable bonds is 5. The first-order valence-electron chi connectivity index (χ1n) is 9.34. The molecular weight excluding hydrogens is 304 g/mol. The highest BCUT2D eigenvalue weighted by molar-refractivity contribution is 5.69. The predicted molar refractivity (Wildman–Crippen MR) is 92.0 cm³/mol. The minimum absolute atomic E-state index is 0.00706. The minimum atomic E-state index is -0.130. The average molecular weight is 332 g/mol. The summed E-state index contributed by atoms with van der Waals surface area (Å²) in [5, 5.41) is 0. The normalized spacial score (nSPS) is 27.5. The van der Waals surface area contributed by atoms with Crippen LogP contribution >= 0.6 is 0 Å². The number of hydrogen-bond donors (Lipinski definition) is 0. The Morgan fingerprint density at radius 2 is 2.00 bits per heavy atom. The number of ether oxygens (including phenoxy) is 3. The molecule has 0 aromatic heterocycles. The summed E-state index contributed by atoms with van der Waals surface area (Å²) in [4.78, 5) is 11.7. The van der Waals surface area contributed by atoms with Crippen LogP contribution in [0.15, 0.2) is 24.3 Å². The maximum Gasteiger partial charge on any atom is 0.305 e. The zero-order chi connectivity index (χ0) is 16.8. The highest BCUT2D eigenvalue weighted by Crippen LogP contribution is 2.36. The Kier molecular flexibility index (Phi) is 6.13. The molecule has 132 valence electrons. The molecule has 1 aliphatic carbocycles. The highest BCUT2D eigenvalue weighted by Gasteiger charge is 2.29. The molecule has 24 heavy (non-hydrogen) atoms. The van der Waals surface area contributed by atoms with Crippen LogP contribution in [0.25, 0.3) is 0 Å². The molecule has 3 rings (SSSR count). The van der Waals surface area contributed by atoms with Crippen LogP contribution in [0.3, 0.4) is 0 Å². The lowest BCUT2D eigenvalue weighted by Crippen LogP contribution is -2.28. The minimum Gasteiger partial charge on any atom is -0.465 e. The van der Waals surface area contributed by atoms with Crippen molar-refractivity contribution < 1.29 is 19.0 Å². The average Bonchev–Trinajstić information content (AvgIpc) is 2.63. The maximum absolute atomic E-state index is 11.7. The Labute approximate surface area is 144 Å². The standard InChI is InChI=1S/C20H28O4/c1-2-19(21)24-18-11-4-3-10-17(18)15-8-7-9-16(14-15)23-20-12-5-6-13-22-20/h7-9,14,17-18,20H,2-6,10-13H2,1H3/t17-,18+,20?/m0/s1. The first-order valence-corrected chi connectivity index (χ1v) is 9.34. The molecule has 0 bridgehead atoms. The van der Waals surface area contributed by atoms with Crippen molar-refractivity contribution >= 4 is 5.97 Å². The lowest BCUT2D eigenvalue weighted by atomic mass is 9.81. The van der Waals surface area contributed by atoms with E-state index in [9.17, 15) is 4.79 Å². The molecule has 1 saturated heterocycles. The molecule has 2 aliphatic rings. The van der Waals surface area contributed by atoms with Crippen molar-refractivity contribution in [1.82, 2.24) is 0 Å². The second kappa shape index (κ2) is 8.52. The van der Waals surface area contributed by atoms with Gasteiger partial charge in [0.1, 0.15) is 11.9 Å². The molecule has 0 amide bonds. The molecule has 0 spiro atoms. The summed E-state index contributed by atoms with van der Waals surface area (Å²) in [7, 11) is 0. The molecule has 4 heteroatoms. The number of hydrogen-bond acceptors (Lipinski definition) is 4. The van der Waals surface area contributed by atoms with E-state index in [1.807, 2.05) is 19.1 Å². The predicted octanol–water partition coefficient (Wildman–Crippen LogP) is 4.57. The van der Waals surface area contributed by atoms with Crippen molar-refractivity contribution in [1.29, 1.82) is 0 Å². The molecule has 1 saturated carbocycles. The molecule has 1 aliphatic heterocycles. The lowest BCUT2D eigenvalue weighted by Gasteiger charge is -2.32. The van der Waals surface area contributed by atoms with Crippen LogP contribution < -0.4 is 4.74 Å². The van der Waals surface area contributed by atoms with Gasteiger partial charge in [0.15, 0.2) is 6.29 Å². The number of carbonyl (C=O) groups is 1. The van der Waals surface area contributed by atoms with Crippen LogP contribution in [-0.4, -0.2) is 25.0 Å². The van der Waals surface area contributed by atoms with Crippen molar-refractivity contribution in [2.75, 3.05) is 6.61 Å². The summed E-state index contributed by atoms with van der Waals surface area (Å²) in [5.41, 5.74) is 1.21. The molecule has 1 aromatic rings. The van der Waals surface area contributed by atoms with Gasteiger partial charge in [-0.15, -0.1) is 0 Å². The molecule has 1 unspecified atom stereocenters. The van der Waals surface area contributed by atoms with E-state index >= 15 is 0 Å². The van der Waals surface area contributed by atoms with Gasteiger partial charge in [-0.05, 0) is 49.8 Å². The molecule has 4 nitrogen and oxygen atoms in total. The number of esters is 1. The molecule has 3 atom stereocenters. The third-order valence-corrected chi connectivity index (χ3v) is 4.97. The summed E-state index contributed by atoms with van der Waals surface area (Å²) in [6, 6.07) is 8.23. The molecule has 1 heterocycles. The third-order valence-electron chi connectivity index (χ3n) is 4.97. The van der Waals surface area contributed by atoms with E-state index in [2.05, 4.69) is 12.1 Å². The Hall–Kier alpha value is -1.55. The molecule has 0 N–H and O–H groups in total. The number of carbonyl (C=O) groups excluding carboxylic acids is 1. The lowest BCUT2D eigenvalue weighted by molar-refractivity contribution is -0.151. The molecule has 1 aromatic carbocycles. The zero-order valence-corrected chi connectivity index (χ0v) is 14.5. The molecular formula is C20H28O4. The van der Waals surface area contributed by atoms with Crippen molar-refractivity contribution in [3.8, 4) is 5.75 Å². The fourth-order valence-corrected chi connectivity index (χ4v) is 3.65. The summed E-state index contributed by atoms with van der Waals surface area (Å²) in [5.74, 6) is 1.02. The van der Waals surface area contributed by atoms with Gasteiger partial charge in [0, 0.05) is 18.8 Å². The second-order valence-electron chi connectivity index (χ2n) is 6.76. The van der Waals surface area contributed by atoms with Crippen LogP contribution in [0, 0.1) is 0 Å². The summed E-state index contributed by atoms with van der Waals surface area (Å²) in [6.45, 7) is 2.63. The van der Waals surface area contributed by atoms with Gasteiger partial charge in [-0.3, -0.25) is 4.79 Å². The van der Waals surface area contributed by atoms with Crippen molar-refractivity contribution in [2.45, 2.75) is 76.6 Å². The van der Waals surface area contributed by atoms with Gasteiger partial charge in [-0.1, -0.05) is 25.5 Å². The third kappa shape index (κ3) is 4.50. The van der Waals surface area contributed by atoms with Crippen LogP contribution in [0.4, 0.5) is 0 Å². The fraction of sp³-hybridized carbons (Fsp3) is 0.650. The summed E-state index contributed by atoms with van der Waals surface area (Å²) in [6.07, 6.45) is 7.84. The maximum atomic E-state index is 11.7. The smallest absolute Gasteiger partial charge is 0.305 e. The molecule has 2 fully saturated rings. The van der Waals surface area contributed by atoms with Gasteiger partial charge in [-0.2, -0.15) is 0 Å². The number of benzene rings is 1. The Morgan fingerprint density at radius 3 is 2.79 bits per heavy atom. The topological polar surface area (TPSA) is 44.8 Å². The quantitative estimate of drug-likeness (QED) is 0.741. The zero-order valence-electron chi connectivity index (χ0n) is 14.5. The summed E-state index contributed by atoms with van der Waals surface area (Å²) < 4.78 is 17.4. The fourth-order valence-electron chi connectivity index (χ4n) is 3.65. The van der Waals surface area contributed by atoms with Crippen molar-refractivity contribution in [3.05, 3.63) is 29.8 Å². The van der Waals surface area contributed by atoms with E-state index in [4.69, 9.17) is 14.2 Å². The van der Waals surface area contributed by atoms with Gasteiger partial charge < -0.3 is 14.2 Å². The van der Waals surface area contributed by atoms with E-state index < -0.39 is 0 Å². The van der Waals surface area contributed by atoms with Gasteiger partial charge in [-0.25, -0.2) is 0 Å². The van der Waals surface area contributed by atoms with E-state index in [1.165, 1.54) is 12.0 Å². The van der Waals surface area contributed by atoms with Gasteiger partial charge in [0.05, 0.1) is 6.61 Å². The van der Waals surface area contributed by atoms with E-state index in [0.717, 1.165) is 50.9 Å². The Balaban J connectivity index is 1.69. The first-order chi connectivity index (χ1) is 11.8. The highest BCUT2D eigenvalue weighted by atomic mass is 16.7. The van der Waals surface area contributed by atoms with Crippen LogP contribution in [-0.2, 0) is 14.3 Å². The SMILES string of the molecule is CCC(=O)O[C@@H]1CCCC[C@H]1c1cccc(OC2CCCCO2)c1. The van der Waals surface area contributed by atoms with Crippen LogP contribution in [0.5, 0.6) is 5.75 Å². The molecule has 0 radical (unpaired) electrons. The van der Waals surface area contributed by atoms with Gasteiger partial charge in [0.2, 0.25) is 0 Å². The van der Waals surface area contributed by atoms with E-state index in [0.29, 0.717) is 6.42 Å². The van der Waals surface area contributed by atoms with Crippen molar-refractivity contribution in [2.24, 2.45) is 0 Å². The van der Waals surface area contributed by atoms with Gasteiger partial charge in [0.25, 0.3) is 0 Å². The van der Waals surface area contributed by atoms with E-state index in [1.54, 1.807) is 0 Å². The van der Waals surface area contributed by atoms with Gasteiger partial charge >= 0.3 is 5.97 Å². The monoisotopic (exact) mass is 332 g/mol. The second-order valence-corrected chi connectivity index (χ2v) is 6.76. The Morgan fingerprint density at radius 1 is 1.17 bits per heavy atom. The first kappa shape index (κ1) is 17.3. The van der Waals surface area contributed by atoms with Crippen LogP contribution in [0.2, 0.25) is 0 Å². The van der Waals surface area contributed by atoms with Crippen molar-refractivity contribution in [3.63, 3.8) is 0 Å². The van der Waals surface area contributed by atoms with Crippen LogP contribution in [0.1, 0.15) is 69.8 Å². The summed E-state index contributed by atoms with van der Waals surface area (Å²) >= 11 is 0. The largest absolute Gasteiger partial charge is 0.465 e. The van der Waals surface area contributed by atoms with E-state index in [-0.39, 0.29) is 24.3 Å².